The van der Waals surface area contributed by atoms with Crippen molar-refractivity contribution in [3.63, 3.8) is 0 Å². The number of guanidine groups is 1. The van der Waals surface area contributed by atoms with Gasteiger partial charge in [-0.1, -0.05) is 24.3 Å². The van der Waals surface area contributed by atoms with Gasteiger partial charge in [0.1, 0.15) is 23.4 Å². The Kier molecular flexibility index (Phi) is 7.91. The van der Waals surface area contributed by atoms with Crippen LogP contribution in [0.1, 0.15) is 32.5 Å². The minimum Gasteiger partial charge on any atom is -0.465 e. The summed E-state index contributed by atoms with van der Waals surface area (Å²) in [7, 11) is -4.46. The van der Waals surface area contributed by atoms with Crippen LogP contribution in [0.2, 0.25) is 0 Å². The van der Waals surface area contributed by atoms with Gasteiger partial charge in [0.15, 0.2) is 11.6 Å². The Balaban J connectivity index is 1.49. The SMILES string of the molecule is NC(=NS(=O)(=O)c1cccc(C(=O)C(C(=O)c2cc(F)cc(F)c2)c2nc3ccccc3[nH]2)c1)N1CCN(C(=O)O)CC1. The molecule has 222 valence electrons. The molecule has 3 aromatic carbocycles. The lowest BCUT2D eigenvalue weighted by Crippen LogP contribution is -2.52. The average Bonchev–Trinajstić information content (AvgIpc) is 3.40. The highest BCUT2D eigenvalue weighted by Gasteiger charge is 2.34. The van der Waals surface area contributed by atoms with Gasteiger partial charge < -0.3 is 25.6 Å². The molecule has 43 heavy (non-hydrogen) atoms. The number of carbonyl (C=O) groups is 3. The number of hydrogen-bond donors (Lipinski definition) is 3. The Labute approximate surface area is 243 Å². The Morgan fingerprint density at radius 2 is 1.51 bits per heavy atom. The number of H-pyrrole nitrogens is 1. The summed E-state index contributed by atoms with van der Waals surface area (Å²) in [6, 6.07) is 13.6. The van der Waals surface area contributed by atoms with Crippen LogP contribution in [0.5, 0.6) is 0 Å². The van der Waals surface area contributed by atoms with Gasteiger partial charge in [-0.05, 0) is 36.4 Å². The number of Topliss-reactive ketones (excluding diaryl/α,β-unsaturated/α-hetero) is 2. The minimum absolute atomic E-state index is 0.0992. The number of carboxylic acid groups (broad SMARTS) is 1. The Morgan fingerprint density at radius 1 is 0.884 bits per heavy atom. The molecule has 15 heteroatoms. The third-order valence-corrected chi connectivity index (χ3v) is 8.13. The molecule has 5 rings (SSSR count). The quantitative estimate of drug-likeness (QED) is 0.123. The molecular weight excluding hydrogens is 586 g/mol. The first-order valence-electron chi connectivity index (χ1n) is 12.9. The number of sulfonamides is 1. The maximum Gasteiger partial charge on any atom is 0.407 e. The molecule has 1 atom stereocenters. The van der Waals surface area contributed by atoms with Gasteiger partial charge in [0.2, 0.25) is 5.96 Å². The van der Waals surface area contributed by atoms with Crippen LogP contribution in [0, 0.1) is 11.6 Å². The summed E-state index contributed by atoms with van der Waals surface area (Å²) < 4.78 is 57.9. The lowest BCUT2D eigenvalue weighted by Gasteiger charge is -2.33. The second-order valence-corrected chi connectivity index (χ2v) is 11.3. The molecule has 1 aliphatic rings. The normalized spacial score (nSPS) is 15.0. The number of halogens is 2. The number of aromatic amines is 1. The van der Waals surface area contributed by atoms with Crippen LogP contribution in [0.4, 0.5) is 13.6 Å². The predicted octanol–water partition coefficient (Wildman–Crippen LogP) is 2.99. The number of hydrogen-bond acceptors (Lipinski definition) is 6. The van der Waals surface area contributed by atoms with E-state index in [-0.39, 0.29) is 43.5 Å². The van der Waals surface area contributed by atoms with Gasteiger partial charge in [-0.15, -0.1) is 4.40 Å². The number of rotatable bonds is 7. The molecule has 0 bridgehead atoms. The third-order valence-electron chi connectivity index (χ3n) is 6.86. The maximum absolute atomic E-state index is 14.0. The first kappa shape index (κ1) is 29.3. The summed E-state index contributed by atoms with van der Waals surface area (Å²) in [4.78, 5) is 48.0. The summed E-state index contributed by atoms with van der Waals surface area (Å²) in [6.07, 6.45) is -1.11. The fourth-order valence-electron chi connectivity index (χ4n) is 4.68. The van der Waals surface area contributed by atoms with Gasteiger partial charge in [-0.2, -0.15) is 8.42 Å². The third kappa shape index (κ3) is 6.21. The number of piperazine rings is 1. The van der Waals surface area contributed by atoms with Crippen LogP contribution < -0.4 is 5.73 Å². The molecule has 1 amide bonds. The Morgan fingerprint density at radius 3 is 2.16 bits per heavy atom. The number of carbonyl (C=O) groups excluding carboxylic acids is 2. The highest BCUT2D eigenvalue weighted by molar-refractivity contribution is 7.90. The number of nitrogens with one attached hydrogen (secondary N) is 1. The van der Waals surface area contributed by atoms with Crippen molar-refractivity contribution in [3.8, 4) is 0 Å². The Hall–Kier alpha value is -5.18. The second-order valence-electron chi connectivity index (χ2n) is 9.67. The molecule has 4 aromatic rings. The van der Waals surface area contributed by atoms with E-state index >= 15 is 0 Å². The molecule has 0 radical (unpaired) electrons. The number of fused-ring (bicyclic) bond motifs is 1. The lowest BCUT2D eigenvalue weighted by atomic mass is 9.89. The number of aromatic nitrogens is 2. The zero-order chi connectivity index (χ0) is 30.9. The smallest absolute Gasteiger partial charge is 0.407 e. The van der Waals surface area contributed by atoms with Crippen molar-refractivity contribution >= 4 is 44.7 Å². The van der Waals surface area contributed by atoms with Gasteiger partial charge in [0.25, 0.3) is 10.0 Å². The van der Waals surface area contributed by atoms with Gasteiger partial charge in [-0.25, -0.2) is 18.6 Å². The molecule has 2 heterocycles. The van der Waals surface area contributed by atoms with Crippen molar-refractivity contribution in [2.75, 3.05) is 26.2 Å². The van der Waals surface area contributed by atoms with E-state index in [1.807, 2.05) is 0 Å². The number of para-hydroxylation sites is 2. The van der Waals surface area contributed by atoms with Crippen molar-refractivity contribution in [3.05, 3.63) is 95.3 Å². The van der Waals surface area contributed by atoms with E-state index in [0.29, 0.717) is 17.1 Å². The van der Waals surface area contributed by atoms with E-state index in [1.54, 1.807) is 24.3 Å². The number of nitrogens with zero attached hydrogens (tertiary/aromatic N) is 4. The van der Waals surface area contributed by atoms with Crippen LogP contribution in [-0.4, -0.2) is 83.1 Å². The minimum atomic E-state index is -4.46. The fourth-order valence-corrected chi connectivity index (χ4v) is 5.67. The number of nitrogens with two attached hydrogens (primary N) is 1. The molecule has 1 saturated heterocycles. The van der Waals surface area contributed by atoms with E-state index in [4.69, 9.17) is 10.8 Å². The van der Waals surface area contributed by atoms with Crippen molar-refractivity contribution in [1.82, 2.24) is 19.8 Å². The second kappa shape index (κ2) is 11.6. The molecular formula is C28H24F2N6O6S. The summed E-state index contributed by atoms with van der Waals surface area (Å²) in [5.41, 5.74) is 6.23. The van der Waals surface area contributed by atoms with Crippen molar-refractivity contribution in [1.29, 1.82) is 0 Å². The fraction of sp³-hybridized carbons (Fsp3) is 0.179. The Bertz CT molecular complexity index is 1830. The van der Waals surface area contributed by atoms with E-state index in [0.717, 1.165) is 23.1 Å². The molecule has 4 N–H and O–H groups in total. The molecule has 1 unspecified atom stereocenters. The van der Waals surface area contributed by atoms with E-state index in [2.05, 4.69) is 14.4 Å². The average molecular weight is 611 g/mol. The standard InChI is InChI=1S/C28H24F2N6O6S/c29-18-12-17(13-19(30)15-18)25(38)23(26-32-21-6-1-2-7-22(21)33-26)24(37)16-4-3-5-20(14-16)43(41,42)34-27(31)35-8-10-36(11-9-35)28(39)40/h1-7,12-15,23H,8-11H2,(H2,31,34)(H,32,33)(H,39,40). The molecule has 0 saturated carbocycles. The van der Waals surface area contributed by atoms with Gasteiger partial charge in [-0.3, -0.25) is 9.59 Å². The van der Waals surface area contributed by atoms with Crippen molar-refractivity contribution < 1.29 is 36.7 Å². The molecule has 12 nitrogen and oxygen atoms in total. The van der Waals surface area contributed by atoms with Gasteiger partial charge in [0, 0.05) is 43.4 Å². The van der Waals surface area contributed by atoms with Crippen molar-refractivity contribution in [2.24, 2.45) is 10.1 Å². The largest absolute Gasteiger partial charge is 0.465 e. The van der Waals surface area contributed by atoms with E-state index in [1.165, 1.54) is 23.1 Å². The van der Waals surface area contributed by atoms with E-state index < -0.39 is 55.7 Å². The van der Waals surface area contributed by atoms with Crippen LogP contribution >= 0.6 is 0 Å². The first-order valence-corrected chi connectivity index (χ1v) is 14.3. The zero-order valence-corrected chi connectivity index (χ0v) is 23.1. The topological polar surface area (TPSA) is 179 Å². The number of imidazole rings is 1. The van der Waals surface area contributed by atoms with Crippen LogP contribution in [0.3, 0.4) is 0 Å². The summed E-state index contributed by atoms with van der Waals surface area (Å²) in [5.74, 6) is -6.04. The van der Waals surface area contributed by atoms with Gasteiger partial charge >= 0.3 is 6.09 Å². The predicted molar refractivity (Wildman–Crippen MR) is 150 cm³/mol. The molecule has 0 aliphatic carbocycles. The number of amides is 1. The summed E-state index contributed by atoms with van der Waals surface area (Å²) >= 11 is 0. The highest BCUT2D eigenvalue weighted by Crippen LogP contribution is 2.28. The monoisotopic (exact) mass is 610 g/mol. The lowest BCUT2D eigenvalue weighted by molar-refractivity contribution is 0.0855. The molecule has 1 aromatic heterocycles. The van der Waals surface area contributed by atoms with Crippen LogP contribution in [0.15, 0.2) is 76.0 Å². The molecule has 1 aliphatic heterocycles. The van der Waals surface area contributed by atoms with Crippen LogP contribution in [0.25, 0.3) is 11.0 Å². The van der Waals surface area contributed by atoms with Crippen molar-refractivity contribution in [2.45, 2.75) is 10.8 Å². The molecule has 0 spiro atoms. The highest BCUT2D eigenvalue weighted by atomic mass is 32.2. The maximum atomic E-state index is 14.0. The first-order chi connectivity index (χ1) is 20.4. The van der Waals surface area contributed by atoms with E-state index in [9.17, 15) is 31.6 Å². The summed E-state index contributed by atoms with van der Waals surface area (Å²) in [6.45, 7) is 0.444. The zero-order valence-electron chi connectivity index (χ0n) is 22.3. The summed E-state index contributed by atoms with van der Waals surface area (Å²) in [5, 5.41) is 9.10. The number of ketones is 2. The number of benzene rings is 3. The molecule has 1 fully saturated rings. The van der Waals surface area contributed by atoms with Gasteiger partial charge in [0.05, 0.1) is 15.9 Å². The van der Waals surface area contributed by atoms with Crippen LogP contribution in [-0.2, 0) is 10.0 Å².